The van der Waals surface area contributed by atoms with Gasteiger partial charge in [0, 0.05) is 5.33 Å². The van der Waals surface area contributed by atoms with Gasteiger partial charge in [0.05, 0.1) is 6.61 Å². The zero-order valence-electron chi connectivity index (χ0n) is 5.54. The Hall–Kier alpha value is -0.450. The van der Waals surface area contributed by atoms with E-state index >= 15 is 0 Å². The lowest BCUT2D eigenvalue weighted by atomic mass is 10.4. The van der Waals surface area contributed by atoms with Crippen LogP contribution in [0.4, 0.5) is 0 Å². The lowest BCUT2D eigenvalue weighted by molar-refractivity contribution is -0.143. The minimum atomic E-state index is -0.903. The molecule has 5 heteroatoms. The summed E-state index contributed by atoms with van der Waals surface area (Å²) in [4.78, 5) is 20.5. The van der Waals surface area contributed by atoms with Crippen LogP contribution < -0.4 is 0 Å². The van der Waals surface area contributed by atoms with E-state index in [0.29, 0.717) is 0 Å². The van der Waals surface area contributed by atoms with Gasteiger partial charge < -0.3 is 4.74 Å². The van der Waals surface area contributed by atoms with Crippen LogP contribution in [0.25, 0.3) is 0 Å². The molecule has 0 aromatic carbocycles. The predicted octanol–water partition coefficient (Wildman–Crippen LogP) is 1.08. The molecule has 0 aliphatic carbocycles. The molecule has 0 saturated carbocycles. The Kier molecular flexibility index (Phi) is 5.10. The van der Waals surface area contributed by atoms with Gasteiger partial charge >= 0.3 is 5.97 Å². The molecule has 0 bridgehead atoms. The zero-order chi connectivity index (χ0) is 7.98. The Morgan fingerprint density at radius 2 is 2.40 bits per heavy atom. The Bertz CT molecular complexity index is 128. The van der Waals surface area contributed by atoms with Gasteiger partial charge in [-0.3, -0.25) is 0 Å². The van der Waals surface area contributed by atoms with Crippen LogP contribution in [-0.4, -0.2) is 23.9 Å². The van der Waals surface area contributed by atoms with Crippen LogP contribution in [0, 0.1) is 4.91 Å². The third-order valence-corrected chi connectivity index (χ3v) is 1.45. The van der Waals surface area contributed by atoms with Gasteiger partial charge in [0.15, 0.2) is 6.04 Å². The maximum Gasteiger partial charge on any atom is 0.335 e. The van der Waals surface area contributed by atoms with Crippen molar-refractivity contribution in [3.63, 3.8) is 0 Å². The van der Waals surface area contributed by atoms with Crippen LogP contribution in [0.1, 0.15) is 6.92 Å². The number of hydrogen-bond acceptors (Lipinski definition) is 4. The molecule has 0 fully saturated rings. The summed E-state index contributed by atoms with van der Waals surface area (Å²) in [6.07, 6.45) is 0. The summed E-state index contributed by atoms with van der Waals surface area (Å²) in [5, 5.41) is 2.77. The highest BCUT2D eigenvalue weighted by atomic mass is 79.9. The van der Waals surface area contributed by atoms with Gasteiger partial charge in [0.2, 0.25) is 0 Å². The van der Waals surface area contributed by atoms with Crippen molar-refractivity contribution in [2.45, 2.75) is 13.0 Å². The van der Waals surface area contributed by atoms with E-state index in [4.69, 9.17) is 0 Å². The molecule has 0 radical (unpaired) electrons. The van der Waals surface area contributed by atoms with Crippen LogP contribution >= 0.6 is 15.9 Å². The van der Waals surface area contributed by atoms with Gasteiger partial charge in [-0.25, -0.2) is 4.79 Å². The van der Waals surface area contributed by atoms with E-state index < -0.39 is 12.0 Å². The second kappa shape index (κ2) is 5.34. The van der Waals surface area contributed by atoms with Crippen LogP contribution in [0.15, 0.2) is 5.18 Å². The number of ether oxygens (including phenoxy) is 1. The molecule has 0 saturated heterocycles. The van der Waals surface area contributed by atoms with Gasteiger partial charge in [0.25, 0.3) is 0 Å². The Morgan fingerprint density at radius 1 is 1.80 bits per heavy atom. The number of carbonyl (C=O) groups excluding carboxylic acids is 1. The molecule has 0 aliphatic heterocycles. The fourth-order valence-electron chi connectivity index (χ4n) is 0.373. The lowest BCUT2D eigenvalue weighted by Crippen LogP contribution is -2.22. The first kappa shape index (κ1) is 9.55. The van der Waals surface area contributed by atoms with E-state index in [0.717, 1.165) is 0 Å². The fraction of sp³-hybridized carbons (Fsp3) is 0.800. The molecular weight excluding hydrogens is 202 g/mol. The average molecular weight is 210 g/mol. The largest absolute Gasteiger partial charge is 0.464 e. The van der Waals surface area contributed by atoms with Crippen molar-refractivity contribution in [2.24, 2.45) is 5.18 Å². The minimum absolute atomic E-state index is 0.218. The number of carbonyl (C=O) groups is 1. The van der Waals surface area contributed by atoms with Gasteiger partial charge in [-0.15, -0.1) is 4.91 Å². The summed E-state index contributed by atoms with van der Waals surface area (Å²) >= 11 is 2.95. The molecule has 0 N–H and O–H groups in total. The van der Waals surface area contributed by atoms with Crippen molar-refractivity contribution in [1.82, 2.24) is 0 Å². The summed E-state index contributed by atoms with van der Waals surface area (Å²) in [5.41, 5.74) is 0. The van der Waals surface area contributed by atoms with E-state index in [9.17, 15) is 9.70 Å². The molecule has 0 aromatic rings. The summed E-state index contributed by atoms with van der Waals surface area (Å²) in [7, 11) is 0. The number of nitrogens with zero attached hydrogens (tertiary/aromatic N) is 1. The molecule has 0 rings (SSSR count). The molecule has 0 heterocycles. The Morgan fingerprint density at radius 3 is 2.70 bits per heavy atom. The number of rotatable bonds is 4. The molecule has 4 nitrogen and oxygen atoms in total. The van der Waals surface area contributed by atoms with Gasteiger partial charge in [-0.2, -0.15) is 0 Å². The minimum Gasteiger partial charge on any atom is -0.464 e. The third-order valence-electron chi connectivity index (χ3n) is 0.832. The van der Waals surface area contributed by atoms with E-state index in [1.807, 2.05) is 0 Å². The predicted molar refractivity (Wildman–Crippen MR) is 40.0 cm³/mol. The second-order valence-corrected chi connectivity index (χ2v) is 2.18. The summed E-state index contributed by atoms with van der Waals surface area (Å²) in [5.74, 6) is -0.575. The monoisotopic (exact) mass is 209 g/mol. The molecule has 10 heavy (non-hydrogen) atoms. The smallest absolute Gasteiger partial charge is 0.335 e. The SMILES string of the molecule is CCOC(=O)C(CBr)N=O. The number of halogens is 1. The van der Waals surface area contributed by atoms with Gasteiger partial charge in [-0.05, 0) is 6.92 Å². The fourth-order valence-corrected chi connectivity index (χ4v) is 0.755. The molecular formula is C5H8BrNO3. The summed E-state index contributed by atoms with van der Waals surface area (Å²) < 4.78 is 4.52. The van der Waals surface area contributed by atoms with Gasteiger partial charge in [0.1, 0.15) is 0 Å². The molecule has 0 aliphatic rings. The van der Waals surface area contributed by atoms with Crippen molar-refractivity contribution in [3.05, 3.63) is 4.91 Å². The summed E-state index contributed by atoms with van der Waals surface area (Å²) in [6, 6.07) is -0.903. The number of esters is 1. The standard InChI is InChI=1S/C5H8BrNO3/c1-2-10-5(8)4(3-6)7-9/h4H,2-3H2,1H3. The molecule has 0 aromatic heterocycles. The second-order valence-electron chi connectivity index (χ2n) is 1.53. The topological polar surface area (TPSA) is 55.7 Å². The molecule has 0 amide bonds. The van der Waals surface area contributed by atoms with Crippen molar-refractivity contribution in [2.75, 3.05) is 11.9 Å². The van der Waals surface area contributed by atoms with Crippen molar-refractivity contribution in [3.8, 4) is 0 Å². The van der Waals surface area contributed by atoms with E-state index in [-0.39, 0.29) is 11.9 Å². The highest BCUT2D eigenvalue weighted by Gasteiger charge is 2.17. The normalized spacial score (nSPS) is 12.2. The summed E-state index contributed by atoms with van der Waals surface area (Å²) in [6.45, 7) is 1.95. The zero-order valence-corrected chi connectivity index (χ0v) is 7.13. The van der Waals surface area contributed by atoms with E-state index in [2.05, 4.69) is 25.8 Å². The van der Waals surface area contributed by atoms with E-state index in [1.165, 1.54) is 0 Å². The first-order chi connectivity index (χ1) is 4.76. The maximum atomic E-state index is 10.7. The van der Waals surface area contributed by atoms with Crippen LogP contribution in [0.3, 0.4) is 0 Å². The Labute approximate surface area is 67.0 Å². The number of hydrogen-bond donors (Lipinski definition) is 0. The number of alkyl halides is 1. The Balaban J connectivity index is 3.76. The molecule has 1 unspecified atom stereocenters. The molecule has 58 valence electrons. The van der Waals surface area contributed by atoms with Crippen molar-refractivity contribution in [1.29, 1.82) is 0 Å². The quantitative estimate of drug-likeness (QED) is 0.396. The first-order valence-electron chi connectivity index (χ1n) is 2.81. The van der Waals surface area contributed by atoms with Crippen LogP contribution in [0.2, 0.25) is 0 Å². The van der Waals surface area contributed by atoms with Crippen molar-refractivity contribution < 1.29 is 9.53 Å². The molecule has 0 spiro atoms. The van der Waals surface area contributed by atoms with Crippen LogP contribution in [-0.2, 0) is 9.53 Å². The highest BCUT2D eigenvalue weighted by molar-refractivity contribution is 9.09. The third kappa shape index (κ3) is 2.91. The maximum absolute atomic E-state index is 10.7. The molecule has 1 atom stereocenters. The number of nitroso groups, excluding NO2 is 1. The lowest BCUT2D eigenvalue weighted by Gasteiger charge is -2.02. The van der Waals surface area contributed by atoms with Crippen molar-refractivity contribution >= 4 is 21.9 Å². The van der Waals surface area contributed by atoms with Gasteiger partial charge in [-0.1, -0.05) is 21.1 Å². The average Bonchev–Trinajstić information content (AvgIpc) is 1.91. The van der Waals surface area contributed by atoms with E-state index in [1.54, 1.807) is 6.92 Å². The highest BCUT2D eigenvalue weighted by Crippen LogP contribution is 1.98. The van der Waals surface area contributed by atoms with Crippen LogP contribution in [0.5, 0.6) is 0 Å². The first-order valence-corrected chi connectivity index (χ1v) is 3.93.